The molecule has 0 radical (unpaired) electrons. The summed E-state index contributed by atoms with van der Waals surface area (Å²) in [4.78, 5) is 10.6. The summed E-state index contributed by atoms with van der Waals surface area (Å²) in [6.07, 6.45) is 4.81. The molecule has 0 saturated carbocycles. The highest BCUT2D eigenvalue weighted by atomic mass is 16.1. The third-order valence-corrected chi connectivity index (χ3v) is 1.27. The zero-order valence-corrected chi connectivity index (χ0v) is 7.92. The second kappa shape index (κ2) is 5.88. The lowest BCUT2D eigenvalue weighted by atomic mass is 10.3. The van der Waals surface area contributed by atoms with Gasteiger partial charge in [0.2, 0.25) is 5.91 Å². The molecule has 4 N–H and O–H groups in total. The van der Waals surface area contributed by atoms with Crippen molar-refractivity contribution in [1.29, 1.82) is 0 Å². The van der Waals surface area contributed by atoms with Gasteiger partial charge in [0.1, 0.15) is 0 Å². The molecule has 0 spiro atoms. The van der Waals surface area contributed by atoms with Crippen LogP contribution in [0.3, 0.4) is 0 Å². The number of hydrogen-bond acceptors (Lipinski definition) is 3. The zero-order chi connectivity index (χ0) is 10.3. The van der Waals surface area contributed by atoms with Crippen molar-refractivity contribution in [1.82, 2.24) is 10.6 Å². The van der Waals surface area contributed by atoms with Crippen LogP contribution in [0.1, 0.15) is 6.92 Å². The Bertz CT molecular complexity index is 254. The van der Waals surface area contributed by atoms with E-state index in [1.807, 2.05) is 0 Å². The van der Waals surface area contributed by atoms with E-state index in [0.29, 0.717) is 5.70 Å². The van der Waals surface area contributed by atoms with E-state index in [1.165, 1.54) is 13.1 Å². The van der Waals surface area contributed by atoms with Gasteiger partial charge in [0.15, 0.2) is 0 Å². The van der Waals surface area contributed by atoms with Crippen molar-refractivity contribution in [2.75, 3.05) is 7.05 Å². The molecule has 72 valence electrons. The van der Waals surface area contributed by atoms with E-state index in [4.69, 9.17) is 5.73 Å². The van der Waals surface area contributed by atoms with Crippen LogP contribution in [0, 0.1) is 0 Å². The van der Waals surface area contributed by atoms with Crippen LogP contribution in [0.4, 0.5) is 0 Å². The van der Waals surface area contributed by atoms with Crippen LogP contribution in [0.15, 0.2) is 36.3 Å². The van der Waals surface area contributed by atoms with E-state index in [2.05, 4.69) is 17.2 Å². The Morgan fingerprint density at radius 3 is 2.46 bits per heavy atom. The summed E-state index contributed by atoms with van der Waals surface area (Å²) < 4.78 is 0. The van der Waals surface area contributed by atoms with E-state index >= 15 is 0 Å². The first kappa shape index (κ1) is 11.3. The second-order valence-corrected chi connectivity index (χ2v) is 2.41. The van der Waals surface area contributed by atoms with Crippen LogP contribution in [-0.4, -0.2) is 13.0 Å². The fourth-order valence-corrected chi connectivity index (χ4v) is 0.680. The van der Waals surface area contributed by atoms with E-state index in [0.717, 1.165) is 5.70 Å². The van der Waals surface area contributed by atoms with E-state index in [-0.39, 0.29) is 5.91 Å². The normalized spacial score (nSPS) is 11.4. The summed E-state index contributed by atoms with van der Waals surface area (Å²) >= 11 is 0. The van der Waals surface area contributed by atoms with Gasteiger partial charge in [-0.2, -0.15) is 0 Å². The molecule has 0 aromatic rings. The average molecular weight is 181 g/mol. The number of hydrogen-bond donors (Lipinski definition) is 3. The van der Waals surface area contributed by atoms with Gasteiger partial charge in [-0.3, -0.25) is 4.79 Å². The highest BCUT2D eigenvalue weighted by molar-refractivity contribution is 5.75. The monoisotopic (exact) mass is 181 g/mol. The van der Waals surface area contributed by atoms with Crippen LogP contribution >= 0.6 is 0 Å². The molecule has 0 rings (SSSR count). The Balaban J connectivity index is 4.11. The number of nitrogens with one attached hydrogen (secondary N) is 2. The van der Waals surface area contributed by atoms with Crippen LogP contribution in [0.2, 0.25) is 0 Å². The number of nitrogens with two attached hydrogens (primary N) is 1. The van der Waals surface area contributed by atoms with Crippen molar-refractivity contribution in [3.05, 3.63) is 36.3 Å². The number of carbonyl (C=O) groups is 1. The summed E-state index contributed by atoms with van der Waals surface area (Å²) in [6, 6.07) is 0. The van der Waals surface area contributed by atoms with Gasteiger partial charge in [-0.25, -0.2) is 0 Å². The molecule has 0 bridgehead atoms. The van der Waals surface area contributed by atoms with E-state index in [9.17, 15) is 4.79 Å². The third kappa shape index (κ3) is 5.55. The number of carbonyl (C=O) groups excluding carboxylic acids is 1. The summed E-state index contributed by atoms with van der Waals surface area (Å²) in [5.74, 6) is -0.141. The van der Waals surface area contributed by atoms with Crippen molar-refractivity contribution in [3.8, 4) is 0 Å². The van der Waals surface area contributed by atoms with Gasteiger partial charge in [0, 0.05) is 31.6 Å². The van der Waals surface area contributed by atoms with Crippen molar-refractivity contribution in [2.24, 2.45) is 5.73 Å². The molecule has 0 aliphatic heterocycles. The number of allylic oxidation sites excluding steroid dienone is 2. The maximum absolute atomic E-state index is 10.6. The quantitative estimate of drug-likeness (QED) is 0.543. The molecule has 0 atom stereocenters. The number of rotatable bonds is 4. The lowest BCUT2D eigenvalue weighted by Gasteiger charge is -2.01. The summed E-state index contributed by atoms with van der Waals surface area (Å²) in [7, 11) is 1.75. The second-order valence-electron chi connectivity index (χ2n) is 2.41. The fraction of sp³-hybridized carbons (Fsp3) is 0.222. The molecule has 13 heavy (non-hydrogen) atoms. The molecule has 0 fully saturated rings. The molecule has 0 unspecified atom stereocenters. The van der Waals surface area contributed by atoms with E-state index in [1.54, 1.807) is 19.2 Å². The summed E-state index contributed by atoms with van der Waals surface area (Å²) in [5.41, 5.74) is 6.56. The molecule has 0 aliphatic carbocycles. The van der Waals surface area contributed by atoms with Gasteiger partial charge < -0.3 is 16.4 Å². The minimum atomic E-state index is -0.141. The van der Waals surface area contributed by atoms with Crippen LogP contribution in [-0.2, 0) is 4.79 Å². The predicted molar refractivity (Wildman–Crippen MR) is 53.4 cm³/mol. The van der Waals surface area contributed by atoms with E-state index < -0.39 is 0 Å². The zero-order valence-electron chi connectivity index (χ0n) is 7.92. The Morgan fingerprint density at radius 2 is 2.08 bits per heavy atom. The largest absolute Gasteiger partial charge is 0.403 e. The molecule has 1 amide bonds. The van der Waals surface area contributed by atoms with Gasteiger partial charge in [0.05, 0.1) is 0 Å². The minimum Gasteiger partial charge on any atom is -0.403 e. The smallest absolute Gasteiger partial charge is 0.221 e. The number of likely N-dealkylation sites (N-methyl/N-ethyl adjacent to an activating group) is 1. The highest BCUT2D eigenvalue weighted by Gasteiger charge is 1.91. The van der Waals surface area contributed by atoms with Crippen molar-refractivity contribution in [3.63, 3.8) is 0 Å². The Labute approximate surface area is 78.2 Å². The fourth-order valence-electron chi connectivity index (χ4n) is 0.680. The minimum absolute atomic E-state index is 0.141. The lowest BCUT2D eigenvalue weighted by molar-refractivity contribution is -0.118. The molecule has 0 aromatic carbocycles. The van der Waals surface area contributed by atoms with Crippen molar-refractivity contribution in [2.45, 2.75) is 6.92 Å². The topological polar surface area (TPSA) is 67.2 Å². The van der Waals surface area contributed by atoms with Gasteiger partial charge in [-0.1, -0.05) is 6.58 Å². The molecule has 4 nitrogen and oxygen atoms in total. The Kier molecular flexibility index (Phi) is 5.11. The van der Waals surface area contributed by atoms with Crippen molar-refractivity contribution >= 4 is 5.91 Å². The lowest BCUT2D eigenvalue weighted by Crippen LogP contribution is -2.17. The van der Waals surface area contributed by atoms with Gasteiger partial charge in [-0.15, -0.1) is 0 Å². The third-order valence-electron chi connectivity index (χ3n) is 1.27. The average Bonchev–Trinajstić information content (AvgIpc) is 2.05. The molecule has 0 heterocycles. The maximum Gasteiger partial charge on any atom is 0.221 e. The Hall–Kier alpha value is -1.71. The SMILES string of the molecule is C=C(/C=C\C(=C/N)NC)NC(C)=O. The first-order valence-electron chi connectivity index (χ1n) is 3.84. The molecule has 4 heteroatoms. The Morgan fingerprint density at radius 1 is 1.46 bits per heavy atom. The molecule has 0 saturated heterocycles. The molecule has 0 aromatic heterocycles. The van der Waals surface area contributed by atoms with Crippen molar-refractivity contribution < 1.29 is 4.79 Å². The molecular weight excluding hydrogens is 166 g/mol. The van der Waals surface area contributed by atoms with Crippen LogP contribution in [0.5, 0.6) is 0 Å². The van der Waals surface area contributed by atoms with Crippen LogP contribution < -0.4 is 16.4 Å². The molecule has 0 aliphatic rings. The van der Waals surface area contributed by atoms with Gasteiger partial charge >= 0.3 is 0 Å². The summed E-state index contributed by atoms with van der Waals surface area (Å²) in [5, 5.41) is 5.39. The number of amides is 1. The van der Waals surface area contributed by atoms with Crippen LogP contribution in [0.25, 0.3) is 0 Å². The first-order chi connectivity index (χ1) is 6.10. The summed E-state index contributed by atoms with van der Waals surface area (Å²) in [6.45, 7) is 5.05. The standard InChI is InChI=1S/C9H15N3O/c1-7(12-8(2)13)4-5-9(6-10)11-3/h4-6,11H,1,10H2,2-3H3,(H,12,13)/b5-4-,9-6+. The molecular formula is C9H15N3O. The maximum atomic E-state index is 10.6. The first-order valence-corrected chi connectivity index (χ1v) is 3.84. The van der Waals surface area contributed by atoms with Gasteiger partial charge in [-0.05, 0) is 12.2 Å². The predicted octanol–water partition coefficient (Wildman–Crippen LogP) is 0.212. The van der Waals surface area contributed by atoms with Gasteiger partial charge in [0.25, 0.3) is 0 Å². The highest BCUT2D eigenvalue weighted by Crippen LogP contribution is 1.92.